The first-order valence-corrected chi connectivity index (χ1v) is 13.1. The van der Waals surface area contributed by atoms with Crippen LogP contribution >= 0.6 is 0 Å². The van der Waals surface area contributed by atoms with E-state index < -0.39 is 23.5 Å². The highest BCUT2D eigenvalue weighted by molar-refractivity contribution is 5.97. The van der Waals surface area contributed by atoms with Gasteiger partial charge in [-0.3, -0.25) is 0 Å². The van der Waals surface area contributed by atoms with Crippen LogP contribution in [0.4, 0.5) is 9.59 Å². The fourth-order valence-electron chi connectivity index (χ4n) is 8.78. The molecule has 0 unspecified atom stereocenters. The molecule has 4 fully saturated rings. The minimum Gasteiger partial charge on any atom is -0.350 e. The van der Waals surface area contributed by atoms with Crippen LogP contribution in [0.15, 0.2) is 21.9 Å². The molecule has 6 N–H and O–H groups in total. The average Bonchev–Trinajstić information content (AvgIpc) is 3.21. The Kier molecular flexibility index (Phi) is 5.79. The van der Waals surface area contributed by atoms with Crippen LogP contribution in [-0.2, 0) is 9.47 Å². The fraction of sp³-hybridized carbons (Fsp3) is 0.769. The quantitative estimate of drug-likeness (QED) is 0.346. The summed E-state index contributed by atoms with van der Waals surface area (Å²) >= 11 is 0. The van der Waals surface area contributed by atoms with Gasteiger partial charge in [-0.15, -0.1) is 0 Å². The van der Waals surface area contributed by atoms with Crippen molar-refractivity contribution >= 4 is 23.5 Å². The lowest BCUT2D eigenvalue weighted by Gasteiger charge is -2.59. The number of fused-ring (bicyclic) bond motifs is 7. The van der Waals surface area contributed by atoms with E-state index >= 15 is 0 Å². The van der Waals surface area contributed by atoms with Crippen LogP contribution in [0.3, 0.4) is 0 Å². The van der Waals surface area contributed by atoms with Crippen molar-refractivity contribution in [3.05, 3.63) is 11.6 Å². The summed E-state index contributed by atoms with van der Waals surface area (Å²) < 4.78 is 13.3. The van der Waals surface area contributed by atoms with Crippen LogP contribution in [0.1, 0.15) is 79.6 Å². The maximum absolute atomic E-state index is 11.4. The highest BCUT2D eigenvalue weighted by Crippen LogP contribution is 2.70. The lowest BCUT2D eigenvalue weighted by molar-refractivity contribution is -0.197. The number of nitrogens with two attached hydrogens (primary N) is 2. The van der Waals surface area contributed by atoms with Gasteiger partial charge in [-0.2, -0.15) is 10.2 Å². The Bertz CT molecular complexity index is 1070. The zero-order chi connectivity index (χ0) is 26.1. The average molecular weight is 501 g/mol. The second-order valence-corrected chi connectivity index (χ2v) is 12.3. The first kappa shape index (κ1) is 25.2. The molecule has 7 atom stereocenters. The molecule has 10 nitrogen and oxygen atoms in total. The Labute approximate surface area is 212 Å². The number of carbonyl (C=O) groups excluding carboxylic acids is 2. The monoisotopic (exact) mass is 500 g/mol. The molecule has 0 aromatic carbocycles. The molecule has 1 saturated heterocycles. The third kappa shape index (κ3) is 3.59. The smallest absolute Gasteiger partial charge is 0.332 e. The van der Waals surface area contributed by atoms with E-state index in [9.17, 15) is 9.59 Å². The highest BCUT2D eigenvalue weighted by atomic mass is 16.8. The van der Waals surface area contributed by atoms with E-state index in [1.165, 1.54) is 5.57 Å². The SMILES string of the molecule is C/C(=N/NC(N)=O)[C@@]12OC(C)(C)O[C@@H]1C[C@@H]1[C@@H]3CCC4=C/C(=N/NC(N)=O)CC[C@]4(C)[C@@H]3CC[C@@]12C. The van der Waals surface area contributed by atoms with E-state index in [1.807, 2.05) is 20.8 Å². The first-order valence-electron chi connectivity index (χ1n) is 13.1. The number of nitrogens with one attached hydrogen (secondary N) is 2. The van der Waals surface area contributed by atoms with Crippen LogP contribution in [0.5, 0.6) is 0 Å². The van der Waals surface area contributed by atoms with Gasteiger partial charge in [0.25, 0.3) is 0 Å². The van der Waals surface area contributed by atoms with Gasteiger partial charge in [0.05, 0.1) is 17.5 Å². The number of hydrazone groups is 2. The lowest BCUT2D eigenvalue weighted by Crippen LogP contribution is -2.60. The Hall–Kier alpha value is -2.46. The van der Waals surface area contributed by atoms with E-state index in [0.29, 0.717) is 17.8 Å². The summed E-state index contributed by atoms with van der Waals surface area (Å²) in [6, 6.07) is -1.32. The molecular weight excluding hydrogens is 460 g/mol. The standard InChI is InChI=1S/C26H40N6O4/c1-14(29-31-21(27)33)26-20(35-23(2,3)36-26)13-19-17-7-6-15-12-16(30-32-22(28)34)8-10-24(15,4)18(17)9-11-25(19,26)5/h12,17-20H,6-11,13H2,1-5H3,(H3,27,31,33)(H3,28,32,34)/b29-14-,30-16+/t17-,18-,19-,20-,24+,25+,26-/m1/s1. The third-order valence-electron chi connectivity index (χ3n) is 10.2. The summed E-state index contributed by atoms with van der Waals surface area (Å²) in [5.74, 6) is 0.792. The molecule has 3 saturated carbocycles. The van der Waals surface area contributed by atoms with E-state index in [1.54, 1.807) is 0 Å². The molecule has 0 aromatic heterocycles. The zero-order valence-corrected chi connectivity index (χ0v) is 22.0. The summed E-state index contributed by atoms with van der Waals surface area (Å²) in [6.45, 7) is 10.6. The molecule has 0 bridgehead atoms. The third-order valence-corrected chi connectivity index (χ3v) is 10.2. The largest absolute Gasteiger partial charge is 0.350 e. The normalized spacial score (nSPS) is 44.1. The number of urea groups is 2. The minimum absolute atomic E-state index is 0.110. The van der Waals surface area contributed by atoms with Crippen molar-refractivity contribution in [3.8, 4) is 0 Å². The Morgan fingerprint density at radius 2 is 1.75 bits per heavy atom. The highest BCUT2D eigenvalue weighted by Gasteiger charge is 2.74. The van der Waals surface area contributed by atoms with Crippen molar-refractivity contribution in [1.29, 1.82) is 0 Å². The van der Waals surface area contributed by atoms with Crippen LogP contribution < -0.4 is 22.3 Å². The molecule has 1 aliphatic heterocycles. The van der Waals surface area contributed by atoms with Gasteiger partial charge in [-0.25, -0.2) is 20.4 Å². The molecule has 1 heterocycles. The van der Waals surface area contributed by atoms with E-state index in [-0.39, 0.29) is 16.9 Å². The number of primary amides is 2. The second-order valence-electron chi connectivity index (χ2n) is 12.3. The van der Waals surface area contributed by atoms with Gasteiger partial charge >= 0.3 is 12.1 Å². The molecule has 4 aliphatic carbocycles. The summed E-state index contributed by atoms with van der Waals surface area (Å²) in [7, 11) is 0. The van der Waals surface area contributed by atoms with E-state index in [2.05, 4.69) is 41.0 Å². The first-order chi connectivity index (χ1) is 16.8. The molecule has 0 radical (unpaired) electrons. The van der Waals surface area contributed by atoms with Crippen molar-refractivity contribution < 1.29 is 19.1 Å². The summed E-state index contributed by atoms with van der Waals surface area (Å²) in [5.41, 5.74) is 17.6. The number of hydrogen-bond donors (Lipinski definition) is 4. The zero-order valence-electron chi connectivity index (χ0n) is 22.0. The molecule has 5 rings (SSSR count). The van der Waals surface area contributed by atoms with Crippen molar-refractivity contribution in [2.75, 3.05) is 0 Å². The van der Waals surface area contributed by atoms with Crippen LogP contribution in [0.2, 0.25) is 0 Å². The Balaban J connectivity index is 1.47. The van der Waals surface area contributed by atoms with Gasteiger partial charge in [-0.05, 0) is 95.0 Å². The predicted molar refractivity (Wildman–Crippen MR) is 136 cm³/mol. The van der Waals surface area contributed by atoms with Gasteiger partial charge in [0.15, 0.2) is 5.79 Å². The summed E-state index contributed by atoms with van der Waals surface area (Å²) in [4.78, 5) is 22.6. The van der Waals surface area contributed by atoms with E-state index in [0.717, 1.165) is 56.4 Å². The summed E-state index contributed by atoms with van der Waals surface area (Å²) in [5, 5.41) is 8.60. The number of allylic oxidation sites excluding steroid dienone is 2. The van der Waals surface area contributed by atoms with Crippen LogP contribution in [0.25, 0.3) is 0 Å². The molecule has 36 heavy (non-hydrogen) atoms. The van der Waals surface area contributed by atoms with Crippen molar-refractivity contribution in [2.24, 2.45) is 50.3 Å². The van der Waals surface area contributed by atoms with Gasteiger partial charge in [0.1, 0.15) is 5.60 Å². The van der Waals surface area contributed by atoms with Crippen LogP contribution in [-0.4, -0.2) is 41.0 Å². The lowest BCUT2D eigenvalue weighted by atomic mass is 9.46. The van der Waals surface area contributed by atoms with Crippen molar-refractivity contribution in [2.45, 2.75) is 97.1 Å². The number of rotatable bonds is 3. The van der Waals surface area contributed by atoms with Gasteiger partial charge < -0.3 is 20.9 Å². The summed E-state index contributed by atoms with van der Waals surface area (Å²) in [6.07, 6.45) is 9.01. The molecule has 0 spiro atoms. The van der Waals surface area contributed by atoms with Gasteiger partial charge in [0, 0.05) is 5.41 Å². The van der Waals surface area contributed by atoms with Crippen molar-refractivity contribution in [3.63, 3.8) is 0 Å². The van der Waals surface area contributed by atoms with Gasteiger partial charge in [-0.1, -0.05) is 19.4 Å². The van der Waals surface area contributed by atoms with Crippen LogP contribution in [0, 0.1) is 28.6 Å². The fourth-order valence-corrected chi connectivity index (χ4v) is 8.78. The molecule has 0 aromatic rings. The molecule has 4 amide bonds. The minimum atomic E-state index is -0.731. The molecule has 198 valence electrons. The Morgan fingerprint density at radius 3 is 2.44 bits per heavy atom. The molecule has 5 aliphatic rings. The molecular formula is C26H40N6O4. The van der Waals surface area contributed by atoms with E-state index in [4.69, 9.17) is 20.9 Å². The second kappa shape index (κ2) is 8.28. The predicted octanol–water partition coefficient (Wildman–Crippen LogP) is 3.52. The Morgan fingerprint density at radius 1 is 1.03 bits per heavy atom. The molecule has 10 heteroatoms. The maximum atomic E-state index is 11.4. The number of ether oxygens (including phenoxy) is 2. The van der Waals surface area contributed by atoms with Crippen molar-refractivity contribution in [1.82, 2.24) is 10.9 Å². The number of hydrogen-bond acceptors (Lipinski definition) is 6. The topological polar surface area (TPSA) is 153 Å². The number of nitrogens with zero attached hydrogens (tertiary/aromatic N) is 2. The van der Waals surface area contributed by atoms with Gasteiger partial charge in [0.2, 0.25) is 0 Å². The number of amides is 4. The number of carbonyl (C=O) groups is 2. The maximum Gasteiger partial charge on any atom is 0.332 e.